The predicted octanol–water partition coefficient (Wildman–Crippen LogP) is 3.63. The molecule has 0 aliphatic rings. The fraction of sp³-hybridized carbons (Fsp3) is 0.286. The number of carboxylic acids is 1. The van der Waals surface area contributed by atoms with Gasteiger partial charge in [0.1, 0.15) is 5.56 Å². The third-order valence-electron chi connectivity index (χ3n) is 2.83. The summed E-state index contributed by atoms with van der Waals surface area (Å²) in [7, 11) is 0. The second kappa shape index (κ2) is 5.40. The van der Waals surface area contributed by atoms with Gasteiger partial charge in [0, 0.05) is 21.6 Å². The summed E-state index contributed by atoms with van der Waals surface area (Å²) in [5.41, 5.74) is 1.60. The van der Waals surface area contributed by atoms with E-state index in [0.29, 0.717) is 5.69 Å². The maximum Gasteiger partial charge on any atom is 0.339 e. The van der Waals surface area contributed by atoms with Crippen LogP contribution in [0.1, 0.15) is 38.8 Å². The Bertz CT molecular complexity index is 607. The van der Waals surface area contributed by atoms with Crippen molar-refractivity contribution in [2.75, 3.05) is 5.32 Å². The number of anilines is 1. The average molecular weight is 276 g/mol. The summed E-state index contributed by atoms with van der Waals surface area (Å²) in [4.78, 5) is 17.6. The van der Waals surface area contributed by atoms with Gasteiger partial charge in [-0.1, -0.05) is 0 Å². The van der Waals surface area contributed by atoms with Gasteiger partial charge in [-0.2, -0.15) is 0 Å². The molecule has 1 atom stereocenters. The molecule has 2 N–H and O–H groups in total. The molecule has 0 saturated carbocycles. The minimum absolute atomic E-state index is 0.0681. The molecule has 0 amide bonds. The van der Waals surface area contributed by atoms with Crippen molar-refractivity contribution in [1.29, 1.82) is 0 Å². The molecule has 0 aliphatic heterocycles. The van der Waals surface area contributed by atoms with E-state index in [-0.39, 0.29) is 11.6 Å². The maximum absolute atomic E-state index is 11.2. The van der Waals surface area contributed by atoms with Crippen LogP contribution >= 0.6 is 11.3 Å². The van der Waals surface area contributed by atoms with Crippen LogP contribution < -0.4 is 5.32 Å². The van der Waals surface area contributed by atoms with Crippen LogP contribution in [-0.2, 0) is 0 Å². The fourth-order valence-electron chi connectivity index (χ4n) is 1.84. The third kappa shape index (κ3) is 3.12. The van der Waals surface area contributed by atoms with E-state index in [1.54, 1.807) is 17.4 Å². The standard InChI is InChI=1S/C14H16N2O2S/c1-8-6-12(11(7-15-8)14(17)18)16-10(3)13-5-4-9(2)19-13/h4-7,10H,1-3H3,(H,15,16)(H,17,18). The number of carboxylic acid groups (broad SMARTS) is 1. The van der Waals surface area contributed by atoms with E-state index in [4.69, 9.17) is 5.11 Å². The summed E-state index contributed by atoms with van der Waals surface area (Å²) in [6.45, 7) is 5.92. The van der Waals surface area contributed by atoms with Gasteiger partial charge in [-0.05, 0) is 39.0 Å². The largest absolute Gasteiger partial charge is 0.478 e. The first-order valence-electron chi connectivity index (χ1n) is 6.00. The van der Waals surface area contributed by atoms with Crippen molar-refractivity contribution in [3.8, 4) is 0 Å². The molecular formula is C14H16N2O2S. The zero-order chi connectivity index (χ0) is 14.0. The Kier molecular flexibility index (Phi) is 3.85. The van der Waals surface area contributed by atoms with Crippen molar-refractivity contribution >= 4 is 23.0 Å². The quantitative estimate of drug-likeness (QED) is 0.895. The molecule has 0 bridgehead atoms. The number of pyridine rings is 1. The van der Waals surface area contributed by atoms with E-state index in [0.717, 1.165) is 5.69 Å². The van der Waals surface area contributed by atoms with Crippen LogP contribution in [-0.4, -0.2) is 16.1 Å². The second-order valence-corrected chi connectivity index (χ2v) is 5.81. The van der Waals surface area contributed by atoms with E-state index < -0.39 is 5.97 Å². The number of aryl methyl sites for hydroxylation is 2. The van der Waals surface area contributed by atoms with Crippen molar-refractivity contribution in [2.24, 2.45) is 0 Å². The summed E-state index contributed by atoms with van der Waals surface area (Å²) in [5.74, 6) is -0.968. The Morgan fingerprint density at radius 3 is 2.74 bits per heavy atom. The minimum atomic E-state index is -0.968. The lowest BCUT2D eigenvalue weighted by atomic mass is 10.2. The van der Waals surface area contributed by atoms with Crippen molar-refractivity contribution in [3.05, 3.63) is 45.4 Å². The normalized spacial score (nSPS) is 12.2. The second-order valence-electron chi connectivity index (χ2n) is 4.49. The van der Waals surface area contributed by atoms with E-state index in [1.807, 2.05) is 13.8 Å². The van der Waals surface area contributed by atoms with E-state index in [1.165, 1.54) is 16.0 Å². The number of rotatable bonds is 4. The predicted molar refractivity (Wildman–Crippen MR) is 77.0 cm³/mol. The summed E-state index contributed by atoms with van der Waals surface area (Å²) in [6, 6.07) is 5.96. The molecule has 2 aromatic rings. The molecule has 0 radical (unpaired) electrons. The highest BCUT2D eigenvalue weighted by molar-refractivity contribution is 7.12. The first-order chi connectivity index (χ1) is 8.97. The molecule has 19 heavy (non-hydrogen) atoms. The monoisotopic (exact) mass is 276 g/mol. The summed E-state index contributed by atoms with van der Waals surface area (Å²) in [5, 5.41) is 12.4. The Hall–Kier alpha value is -1.88. The van der Waals surface area contributed by atoms with Crippen LogP contribution in [0.25, 0.3) is 0 Å². The van der Waals surface area contributed by atoms with Crippen LogP contribution in [0.2, 0.25) is 0 Å². The average Bonchev–Trinajstić information content (AvgIpc) is 2.75. The van der Waals surface area contributed by atoms with Crippen LogP contribution in [0.5, 0.6) is 0 Å². The number of nitrogens with one attached hydrogen (secondary N) is 1. The highest BCUT2D eigenvalue weighted by atomic mass is 32.1. The highest BCUT2D eigenvalue weighted by Crippen LogP contribution is 2.27. The molecule has 2 rings (SSSR count). The molecule has 2 heterocycles. The van der Waals surface area contributed by atoms with Crippen LogP contribution in [0.4, 0.5) is 5.69 Å². The summed E-state index contributed by atoms with van der Waals surface area (Å²) in [6.07, 6.45) is 1.40. The van der Waals surface area contributed by atoms with Gasteiger partial charge in [-0.25, -0.2) is 4.79 Å². The zero-order valence-corrected chi connectivity index (χ0v) is 11.9. The molecular weight excluding hydrogens is 260 g/mol. The van der Waals surface area contributed by atoms with Gasteiger partial charge >= 0.3 is 5.97 Å². The SMILES string of the molecule is Cc1cc(NC(C)c2ccc(C)s2)c(C(=O)O)cn1. The Labute approximate surface area is 116 Å². The van der Waals surface area contributed by atoms with Crippen molar-refractivity contribution in [1.82, 2.24) is 4.98 Å². The molecule has 2 aromatic heterocycles. The lowest BCUT2D eigenvalue weighted by Crippen LogP contribution is -2.10. The van der Waals surface area contributed by atoms with Crippen molar-refractivity contribution < 1.29 is 9.90 Å². The van der Waals surface area contributed by atoms with Crippen LogP contribution in [0.3, 0.4) is 0 Å². The summed E-state index contributed by atoms with van der Waals surface area (Å²) >= 11 is 1.71. The van der Waals surface area contributed by atoms with Crippen molar-refractivity contribution in [2.45, 2.75) is 26.8 Å². The van der Waals surface area contributed by atoms with E-state index in [2.05, 4.69) is 29.4 Å². The van der Waals surface area contributed by atoms with E-state index >= 15 is 0 Å². The van der Waals surface area contributed by atoms with Crippen LogP contribution in [0, 0.1) is 13.8 Å². The Balaban J connectivity index is 2.27. The topological polar surface area (TPSA) is 62.2 Å². The molecule has 0 fully saturated rings. The lowest BCUT2D eigenvalue weighted by molar-refractivity contribution is 0.0697. The van der Waals surface area contributed by atoms with Crippen molar-refractivity contribution in [3.63, 3.8) is 0 Å². The molecule has 0 spiro atoms. The highest BCUT2D eigenvalue weighted by Gasteiger charge is 2.14. The van der Waals surface area contributed by atoms with Gasteiger partial charge in [0.15, 0.2) is 0 Å². The number of thiophene rings is 1. The van der Waals surface area contributed by atoms with Crippen LogP contribution in [0.15, 0.2) is 24.4 Å². The Morgan fingerprint density at radius 2 is 2.16 bits per heavy atom. The van der Waals surface area contributed by atoms with E-state index in [9.17, 15) is 4.79 Å². The maximum atomic E-state index is 11.2. The molecule has 4 nitrogen and oxygen atoms in total. The number of aromatic nitrogens is 1. The Morgan fingerprint density at radius 1 is 1.42 bits per heavy atom. The van der Waals surface area contributed by atoms with Gasteiger partial charge < -0.3 is 10.4 Å². The lowest BCUT2D eigenvalue weighted by Gasteiger charge is -2.16. The minimum Gasteiger partial charge on any atom is -0.478 e. The number of nitrogens with zero attached hydrogens (tertiary/aromatic N) is 1. The fourth-order valence-corrected chi connectivity index (χ4v) is 2.72. The molecule has 5 heteroatoms. The molecule has 100 valence electrons. The third-order valence-corrected chi connectivity index (χ3v) is 4.01. The summed E-state index contributed by atoms with van der Waals surface area (Å²) < 4.78 is 0. The van der Waals surface area contributed by atoms with Gasteiger partial charge in [0.25, 0.3) is 0 Å². The number of hydrogen-bond acceptors (Lipinski definition) is 4. The zero-order valence-electron chi connectivity index (χ0n) is 11.1. The molecule has 0 saturated heterocycles. The smallest absolute Gasteiger partial charge is 0.339 e. The first kappa shape index (κ1) is 13.5. The molecule has 0 aromatic carbocycles. The van der Waals surface area contributed by atoms with Gasteiger partial charge in [0.2, 0.25) is 0 Å². The number of carbonyl (C=O) groups is 1. The van der Waals surface area contributed by atoms with Gasteiger partial charge in [-0.3, -0.25) is 4.98 Å². The van der Waals surface area contributed by atoms with Gasteiger partial charge in [0.05, 0.1) is 11.7 Å². The molecule has 0 aliphatic carbocycles. The first-order valence-corrected chi connectivity index (χ1v) is 6.82. The van der Waals surface area contributed by atoms with Gasteiger partial charge in [-0.15, -0.1) is 11.3 Å². The number of aromatic carboxylic acids is 1. The molecule has 1 unspecified atom stereocenters. The number of hydrogen-bond donors (Lipinski definition) is 2.